The first-order chi connectivity index (χ1) is 8.98. The van der Waals surface area contributed by atoms with Crippen LogP contribution in [0, 0.1) is 0 Å². The molecule has 0 N–H and O–H groups in total. The molecular formula is C13H9ClF3NO. The highest BCUT2D eigenvalue weighted by atomic mass is 35.5. The van der Waals surface area contributed by atoms with Gasteiger partial charge in [0.2, 0.25) is 0 Å². The van der Waals surface area contributed by atoms with Gasteiger partial charge in [-0.3, -0.25) is 4.98 Å². The van der Waals surface area contributed by atoms with Gasteiger partial charge in [-0.15, -0.1) is 24.8 Å². The zero-order valence-electron chi connectivity index (χ0n) is 9.62. The molecule has 0 saturated carbocycles. The normalized spacial score (nSPS) is 11.4. The topological polar surface area (TPSA) is 22.1 Å². The van der Waals surface area contributed by atoms with Gasteiger partial charge in [-0.2, -0.15) is 0 Å². The van der Waals surface area contributed by atoms with Crippen molar-refractivity contribution in [2.24, 2.45) is 0 Å². The molecule has 6 heteroatoms. The number of alkyl halides is 4. The number of aromatic nitrogens is 1. The molecule has 1 aromatic carbocycles. The number of nitrogens with zero attached hydrogens (tertiary/aromatic N) is 1. The second-order valence-corrected chi connectivity index (χ2v) is 4.05. The van der Waals surface area contributed by atoms with Crippen LogP contribution >= 0.6 is 11.6 Å². The van der Waals surface area contributed by atoms with E-state index in [9.17, 15) is 13.2 Å². The van der Waals surface area contributed by atoms with Crippen molar-refractivity contribution in [3.05, 3.63) is 48.3 Å². The lowest BCUT2D eigenvalue weighted by Gasteiger charge is -2.09. The summed E-state index contributed by atoms with van der Waals surface area (Å²) in [5.74, 6) is 0.0773. The molecule has 0 aliphatic carbocycles. The van der Waals surface area contributed by atoms with Gasteiger partial charge in [0, 0.05) is 23.8 Å². The Bertz CT molecular complexity index is 555. The Morgan fingerprint density at radius 3 is 2.32 bits per heavy atom. The van der Waals surface area contributed by atoms with Crippen LogP contribution in [0.15, 0.2) is 42.7 Å². The second-order valence-electron chi connectivity index (χ2n) is 3.79. The molecule has 0 aliphatic rings. The van der Waals surface area contributed by atoms with Crippen LogP contribution in [-0.4, -0.2) is 11.3 Å². The van der Waals surface area contributed by atoms with E-state index in [0.29, 0.717) is 5.88 Å². The highest BCUT2D eigenvalue weighted by molar-refractivity contribution is 6.17. The van der Waals surface area contributed by atoms with Gasteiger partial charge in [0.25, 0.3) is 0 Å². The monoisotopic (exact) mass is 287 g/mol. The van der Waals surface area contributed by atoms with E-state index in [1.165, 1.54) is 24.3 Å². The van der Waals surface area contributed by atoms with E-state index in [2.05, 4.69) is 9.72 Å². The van der Waals surface area contributed by atoms with E-state index >= 15 is 0 Å². The summed E-state index contributed by atoms with van der Waals surface area (Å²) in [5.41, 5.74) is 2.38. The summed E-state index contributed by atoms with van der Waals surface area (Å²) in [5, 5.41) is 0. The molecule has 1 heterocycles. The van der Waals surface area contributed by atoms with Crippen molar-refractivity contribution in [1.29, 1.82) is 0 Å². The number of rotatable bonds is 3. The Hall–Kier alpha value is -1.75. The molecule has 19 heavy (non-hydrogen) atoms. The fourth-order valence-corrected chi connectivity index (χ4v) is 1.71. The Kier molecular flexibility index (Phi) is 3.95. The summed E-state index contributed by atoms with van der Waals surface area (Å²) in [7, 11) is 0. The second kappa shape index (κ2) is 5.48. The van der Waals surface area contributed by atoms with Crippen LogP contribution in [0.5, 0.6) is 5.75 Å². The van der Waals surface area contributed by atoms with Crippen LogP contribution < -0.4 is 4.74 Å². The number of halogens is 4. The molecule has 0 fully saturated rings. The maximum atomic E-state index is 12.0. The molecular weight excluding hydrogens is 279 g/mol. The van der Waals surface area contributed by atoms with E-state index in [1.54, 1.807) is 12.4 Å². The van der Waals surface area contributed by atoms with E-state index < -0.39 is 6.36 Å². The maximum absolute atomic E-state index is 12.0. The van der Waals surface area contributed by atoms with Crippen LogP contribution in [0.25, 0.3) is 11.1 Å². The van der Waals surface area contributed by atoms with Gasteiger partial charge < -0.3 is 4.74 Å². The summed E-state index contributed by atoms with van der Waals surface area (Å²) in [6.07, 6.45) is -1.42. The number of hydrogen-bond acceptors (Lipinski definition) is 2. The zero-order chi connectivity index (χ0) is 13.9. The van der Waals surface area contributed by atoms with Gasteiger partial charge in [-0.05, 0) is 29.3 Å². The van der Waals surface area contributed by atoms with Gasteiger partial charge in [-0.25, -0.2) is 0 Å². The van der Waals surface area contributed by atoms with Gasteiger partial charge in [0.15, 0.2) is 0 Å². The Balaban J connectivity index is 2.22. The fraction of sp³-hybridized carbons (Fsp3) is 0.154. The van der Waals surface area contributed by atoms with Crippen LogP contribution in [-0.2, 0) is 5.88 Å². The van der Waals surface area contributed by atoms with Crippen LogP contribution in [0.3, 0.4) is 0 Å². The highest BCUT2D eigenvalue weighted by Crippen LogP contribution is 2.26. The third kappa shape index (κ3) is 3.86. The molecule has 100 valence electrons. The highest BCUT2D eigenvalue weighted by Gasteiger charge is 2.30. The van der Waals surface area contributed by atoms with Crippen molar-refractivity contribution in [2.45, 2.75) is 12.2 Å². The van der Waals surface area contributed by atoms with E-state index in [0.717, 1.165) is 16.7 Å². The van der Waals surface area contributed by atoms with Crippen molar-refractivity contribution in [3.63, 3.8) is 0 Å². The molecule has 0 saturated heterocycles. The summed E-state index contributed by atoms with van der Waals surface area (Å²) in [4.78, 5) is 4.02. The van der Waals surface area contributed by atoms with Crippen molar-refractivity contribution in [2.75, 3.05) is 0 Å². The fourth-order valence-electron chi connectivity index (χ4n) is 1.57. The Morgan fingerprint density at radius 2 is 1.74 bits per heavy atom. The smallest absolute Gasteiger partial charge is 0.406 e. The molecule has 0 bridgehead atoms. The van der Waals surface area contributed by atoms with Gasteiger partial charge in [0.1, 0.15) is 5.75 Å². The summed E-state index contributed by atoms with van der Waals surface area (Å²) >= 11 is 5.70. The standard InChI is InChI=1S/C13H9ClF3NO/c14-6-9-5-11(8-18-7-9)10-1-3-12(4-2-10)19-13(15,16)17/h1-5,7-8H,6H2. The number of pyridine rings is 1. The average Bonchev–Trinajstić information content (AvgIpc) is 2.38. The molecule has 1 aromatic heterocycles. The van der Waals surface area contributed by atoms with E-state index in [4.69, 9.17) is 11.6 Å². The molecule has 0 amide bonds. The zero-order valence-corrected chi connectivity index (χ0v) is 10.4. The molecule has 0 atom stereocenters. The van der Waals surface area contributed by atoms with Crippen LogP contribution in [0.4, 0.5) is 13.2 Å². The Morgan fingerprint density at radius 1 is 1.05 bits per heavy atom. The molecule has 0 unspecified atom stereocenters. The predicted octanol–water partition coefficient (Wildman–Crippen LogP) is 4.39. The quantitative estimate of drug-likeness (QED) is 0.781. The number of hydrogen-bond donors (Lipinski definition) is 0. The molecule has 2 rings (SSSR count). The maximum Gasteiger partial charge on any atom is 0.573 e. The molecule has 0 aliphatic heterocycles. The first-order valence-corrected chi connectivity index (χ1v) is 5.87. The molecule has 2 nitrogen and oxygen atoms in total. The van der Waals surface area contributed by atoms with E-state index in [-0.39, 0.29) is 5.75 Å². The van der Waals surface area contributed by atoms with Crippen molar-refractivity contribution in [1.82, 2.24) is 4.98 Å². The SMILES string of the molecule is FC(F)(F)Oc1ccc(-c2cncc(CCl)c2)cc1. The minimum absolute atomic E-state index is 0.252. The minimum Gasteiger partial charge on any atom is -0.406 e. The number of ether oxygens (including phenoxy) is 1. The molecule has 2 aromatic rings. The minimum atomic E-state index is -4.68. The van der Waals surface area contributed by atoms with Crippen LogP contribution in [0.1, 0.15) is 5.56 Å². The Labute approximate surface area is 112 Å². The first kappa shape index (κ1) is 13.7. The lowest BCUT2D eigenvalue weighted by Crippen LogP contribution is -2.16. The summed E-state index contributed by atoms with van der Waals surface area (Å²) in [6.45, 7) is 0. The summed E-state index contributed by atoms with van der Waals surface area (Å²) in [6, 6.07) is 7.43. The third-order valence-electron chi connectivity index (χ3n) is 2.37. The lowest BCUT2D eigenvalue weighted by atomic mass is 10.1. The van der Waals surface area contributed by atoms with Gasteiger partial charge in [-0.1, -0.05) is 12.1 Å². The van der Waals surface area contributed by atoms with Crippen molar-refractivity contribution in [3.8, 4) is 16.9 Å². The average molecular weight is 288 g/mol. The van der Waals surface area contributed by atoms with Gasteiger partial charge in [0.05, 0.1) is 0 Å². The van der Waals surface area contributed by atoms with Gasteiger partial charge >= 0.3 is 6.36 Å². The number of benzene rings is 1. The first-order valence-electron chi connectivity index (χ1n) is 5.34. The van der Waals surface area contributed by atoms with Crippen LogP contribution in [0.2, 0.25) is 0 Å². The predicted molar refractivity (Wildman–Crippen MR) is 65.9 cm³/mol. The molecule has 0 spiro atoms. The lowest BCUT2D eigenvalue weighted by molar-refractivity contribution is -0.274. The largest absolute Gasteiger partial charge is 0.573 e. The van der Waals surface area contributed by atoms with Crippen molar-refractivity contribution < 1.29 is 17.9 Å². The molecule has 0 radical (unpaired) electrons. The van der Waals surface area contributed by atoms with E-state index in [1.807, 2.05) is 6.07 Å². The summed E-state index contributed by atoms with van der Waals surface area (Å²) < 4.78 is 39.9. The van der Waals surface area contributed by atoms with Crippen molar-refractivity contribution >= 4 is 11.6 Å². The third-order valence-corrected chi connectivity index (χ3v) is 2.68.